The zero-order valence-electron chi connectivity index (χ0n) is 18.6. The average Bonchev–Trinajstić information content (AvgIpc) is 2.84. The third-order valence-electron chi connectivity index (χ3n) is 6.13. The van der Waals surface area contributed by atoms with Gasteiger partial charge in [-0.3, -0.25) is 19.6 Å². The summed E-state index contributed by atoms with van der Waals surface area (Å²) >= 11 is 0. The van der Waals surface area contributed by atoms with E-state index in [1.54, 1.807) is 48.4 Å². The van der Waals surface area contributed by atoms with Crippen molar-refractivity contribution in [3.8, 4) is 11.1 Å². The number of carbonyl (C=O) groups is 2. The van der Waals surface area contributed by atoms with Crippen LogP contribution in [0.3, 0.4) is 0 Å². The topological polar surface area (TPSA) is 66.4 Å². The van der Waals surface area contributed by atoms with Crippen molar-refractivity contribution in [3.05, 3.63) is 84.4 Å². The number of amides is 2. The molecule has 6 heteroatoms. The van der Waals surface area contributed by atoms with Crippen LogP contribution >= 0.6 is 0 Å². The van der Waals surface area contributed by atoms with Crippen molar-refractivity contribution in [1.29, 1.82) is 0 Å². The number of carbonyl (C=O) groups excluding carboxylic acids is 2. The van der Waals surface area contributed by atoms with E-state index in [9.17, 15) is 9.59 Å². The molecule has 1 unspecified atom stereocenters. The molecule has 0 saturated carbocycles. The molecular formula is C26H28N4O2. The molecule has 3 aromatic rings. The number of hydrogen-bond donors (Lipinski definition) is 0. The molecule has 1 aliphatic heterocycles. The Morgan fingerprint density at radius 2 is 1.84 bits per heavy atom. The van der Waals surface area contributed by atoms with Gasteiger partial charge in [-0.05, 0) is 48.6 Å². The fourth-order valence-corrected chi connectivity index (χ4v) is 4.67. The first kappa shape index (κ1) is 21.7. The number of pyridine rings is 2. The zero-order chi connectivity index (χ0) is 22.6. The molecule has 1 fully saturated rings. The van der Waals surface area contributed by atoms with Crippen LogP contribution in [0, 0.1) is 5.41 Å². The molecule has 3 heterocycles. The molecule has 1 aliphatic rings. The molecule has 2 aromatic heterocycles. The predicted octanol–water partition coefficient (Wildman–Crippen LogP) is 3.70. The molecule has 1 saturated heterocycles. The van der Waals surface area contributed by atoms with Gasteiger partial charge in [0, 0.05) is 51.3 Å². The van der Waals surface area contributed by atoms with E-state index in [1.807, 2.05) is 36.5 Å². The normalized spacial score (nSPS) is 18.2. The standard InChI is InChI=1S/C26H28N4O2/c1-29(2)25(32)26(13-8-16-30(19-26)24(31)23-12-5-6-15-28-23)17-20-9-3-4-11-22(20)21-10-7-14-27-18-21/h3-7,9-12,14-15,18H,8,13,16-17,19H2,1-2H3. The van der Waals surface area contributed by atoms with Crippen molar-refractivity contribution < 1.29 is 9.59 Å². The second-order valence-corrected chi connectivity index (χ2v) is 8.60. The van der Waals surface area contributed by atoms with Gasteiger partial charge >= 0.3 is 0 Å². The van der Waals surface area contributed by atoms with Crippen molar-refractivity contribution in [2.24, 2.45) is 5.41 Å². The van der Waals surface area contributed by atoms with Gasteiger partial charge in [-0.1, -0.05) is 36.4 Å². The van der Waals surface area contributed by atoms with E-state index < -0.39 is 5.41 Å². The molecule has 4 rings (SSSR count). The summed E-state index contributed by atoms with van der Waals surface area (Å²) in [6, 6.07) is 17.4. The Morgan fingerprint density at radius 3 is 2.56 bits per heavy atom. The number of benzene rings is 1. The molecule has 164 valence electrons. The van der Waals surface area contributed by atoms with Gasteiger partial charge in [0.15, 0.2) is 0 Å². The lowest BCUT2D eigenvalue weighted by atomic mass is 9.73. The number of piperidine rings is 1. The summed E-state index contributed by atoms with van der Waals surface area (Å²) in [7, 11) is 3.58. The maximum absolute atomic E-state index is 13.5. The summed E-state index contributed by atoms with van der Waals surface area (Å²) in [6.45, 7) is 1.00. The Morgan fingerprint density at radius 1 is 1.03 bits per heavy atom. The van der Waals surface area contributed by atoms with Crippen molar-refractivity contribution in [2.75, 3.05) is 27.2 Å². The molecule has 2 amide bonds. The molecule has 1 atom stereocenters. The van der Waals surface area contributed by atoms with Gasteiger partial charge in [-0.2, -0.15) is 0 Å². The summed E-state index contributed by atoms with van der Waals surface area (Å²) in [5.74, 6) is -0.0706. The number of hydrogen-bond acceptors (Lipinski definition) is 4. The number of nitrogens with zero attached hydrogens (tertiary/aromatic N) is 4. The average molecular weight is 429 g/mol. The van der Waals surface area contributed by atoms with E-state index in [2.05, 4.69) is 22.1 Å². The molecule has 0 N–H and O–H groups in total. The lowest BCUT2D eigenvalue weighted by Crippen LogP contribution is -2.54. The summed E-state index contributed by atoms with van der Waals surface area (Å²) in [5.41, 5.74) is 2.90. The molecule has 1 aromatic carbocycles. The van der Waals surface area contributed by atoms with E-state index in [0.29, 0.717) is 25.2 Å². The van der Waals surface area contributed by atoms with Crippen LogP contribution in [0.1, 0.15) is 28.9 Å². The molecule has 0 radical (unpaired) electrons. The van der Waals surface area contributed by atoms with Crippen LogP contribution < -0.4 is 0 Å². The number of rotatable bonds is 5. The molecule has 6 nitrogen and oxygen atoms in total. The lowest BCUT2D eigenvalue weighted by molar-refractivity contribution is -0.142. The smallest absolute Gasteiger partial charge is 0.272 e. The summed E-state index contributed by atoms with van der Waals surface area (Å²) in [6.07, 6.45) is 7.29. The first-order chi connectivity index (χ1) is 15.5. The SMILES string of the molecule is CN(C)C(=O)C1(Cc2ccccc2-c2cccnc2)CCCN(C(=O)c2ccccn2)C1. The second kappa shape index (κ2) is 9.30. The first-order valence-corrected chi connectivity index (χ1v) is 10.9. The van der Waals surface area contributed by atoms with E-state index in [4.69, 9.17) is 0 Å². The Hall–Kier alpha value is -3.54. The maximum atomic E-state index is 13.5. The first-order valence-electron chi connectivity index (χ1n) is 10.9. The van der Waals surface area contributed by atoms with E-state index in [0.717, 1.165) is 29.5 Å². The molecule has 32 heavy (non-hydrogen) atoms. The fraction of sp³-hybridized carbons (Fsp3) is 0.308. The Kier molecular flexibility index (Phi) is 6.30. The highest BCUT2D eigenvalue weighted by molar-refractivity contribution is 5.93. The quantitative estimate of drug-likeness (QED) is 0.622. The maximum Gasteiger partial charge on any atom is 0.272 e. The van der Waals surface area contributed by atoms with Crippen LogP contribution in [0.25, 0.3) is 11.1 Å². The van der Waals surface area contributed by atoms with Crippen LogP contribution in [0.4, 0.5) is 0 Å². The van der Waals surface area contributed by atoms with Gasteiger partial charge in [-0.25, -0.2) is 0 Å². The van der Waals surface area contributed by atoms with Crippen LogP contribution in [-0.2, 0) is 11.2 Å². The summed E-state index contributed by atoms with van der Waals surface area (Å²) in [5, 5.41) is 0. The Bertz CT molecular complexity index is 1090. The molecule has 0 spiro atoms. The van der Waals surface area contributed by atoms with Crippen molar-refractivity contribution in [3.63, 3.8) is 0 Å². The molecule has 0 aliphatic carbocycles. The largest absolute Gasteiger partial charge is 0.348 e. The zero-order valence-corrected chi connectivity index (χ0v) is 18.6. The second-order valence-electron chi connectivity index (χ2n) is 8.60. The molecular weight excluding hydrogens is 400 g/mol. The van der Waals surface area contributed by atoms with Crippen molar-refractivity contribution in [2.45, 2.75) is 19.3 Å². The number of likely N-dealkylation sites (tertiary alicyclic amines) is 1. The minimum absolute atomic E-state index is 0.0528. The van der Waals surface area contributed by atoms with E-state index in [1.165, 1.54) is 0 Å². The highest BCUT2D eigenvalue weighted by atomic mass is 16.2. The van der Waals surface area contributed by atoms with Crippen LogP contribution in [0.15, 0.2) is 73.2 Å². The fourth-order valence-electron chi connectivity index (χ4n) is 4.67. The molecule has 0 bridgehead atoms. The third-order valence-corrected chi connectivity index (χ3v) is 6.13. The van der Waals surface area contributed by atoms with Crippen LogP contribution in [-0.4, -0.2) is 58.8 Å². The Labute approximate surface area is 188 Å². The highest BCUT2D eigenvalue weighted by Gasteiger charge is 2.45. The van der Waals surface area contributed by atoms with E-state index in [-0.39, 0.29) is 11.8 Å². The minimum atomic E-state index is -0.690. The van der Waals surface area contributed by atoms with Gasteiger partial charge in [0.05, 0.1) is 5.41 Å². The summed E-state index contributed by atoms with van der Waals surface area (Å²) in [4.78, 5) is 38.6. The van der Waals surface area contributed by atoms with Gasteiger partial charge in [0.2, 0.25) is 5.91 Å². The van der Waals surface area contributed by atoms with Gasteiger partial charge < -0.3 is 9.80 Å². The third kappa shape index (κ3) is 4.40. The Balaban J connectivity index is 1.70. The highest BCUT2D eigenvalue weighted by Crippen LogP contribution is 2.38. The van der Waals surface area contributed by atoms with Gasteiger partial charge in [-0.15, -0.1) is 0 Å². The summed E-state index contributed by atoms with van der Waals surface area (Å²) < 4.78 is 0. The van der Waals surface area contributed by atoms with Crippen LogP contribution in [0.5, 0.6) is 0 Å². The van der Waals surface area contributed by atoms with E-state index >= 15 is 0 Å². The minimum Gasteiger partial charge on any atom is -0.348 e. The monoisotopic (exact) mass is 428 g/mol. The lowest BCUT2D eigenvalue weighted by Gasteiger charge is -2.43. The van der Waals surface area contributed by atoms with Gasteiger partial charge in [0.25, 0.3) is 5.91 Å². The van der Waals surface area contributed by atoms with Crippen molar-refractivity contribution in [1.82, 2.24) is 19.8 Å². The van der Waals surface area contributed by atoms with Crippen LogP contribution in [0.2, 0.25) is 0 Å². The number of aromatic nitrogens is 2. The van der Waals surface area contributed by atoms with Gasteiger partial charge in [0.1, 0.15) is 5.69 Å². The predicted molar refractivity (Wildman–Crippen MR) is 124 cm³/mol. The van der Waals surface area contributed by atoms with Crippen molar-refractivity contribution >= 4 is 11.8 Å².